The Morgan fingerprint density at radius 1 is 1.33 bits per heavy atom. The summed E-state index contributed by atoms with van der Waals surface area (Å²) in [6.45, 7) is 5.37. The molecule has 0 radical (unpaired) electrons. The number of thiophene rings is 1. The van der Waals surface area contributed by atoms with E-state index in [1.165, 1.54) is 21.7 Å². The van der Waals surface area contributed by atoms with Crippen molar-refractivity contribution in [3.63, 3.8) is 0 Å². The van der Waals surface area contributed by atoms with Crippen LogP contribution in [0.1, 0.15) is 16.6 Å². The van der Waals surface area contributed by atoms with Crippen LogP contribution in [0.5, 0.6) is 0 Å². The fraction of sp³-hybridized carbons (Fsp3) is 0.643. The highest BCUT2D eigenvalue weighted by atomic mass is 35.5. The number of nitrogens with one attached hydrogen (secondary N) is 1. The number of halogens is 1. The lowest BCUT2D eigenvalue weighted by Crippen LogP contribution is -2.51. The van der Waals surface area contributed by atoms with E-state index in [9.17, 15) is 13.2 Å². The number of hydrogen-bond acceptors (Lipinski definition) is 6. The molecule has 2 aliphatic heterocycles. The quantitative estimate of drug-likeness (QED) is 0.811. The number of hydrogen-bond donors (Lipinski definition) is 1. The van der Waals surface area contributed by atoms with Crippen LogP contribution in [0.2, 0.25) is 0 Å². The van der Waals surface area contributed by atoms with E-state index >= 15 is 0 Å². The maximum absolute atomic E-state index is 12.8. The van der Waals surface area contributed by atoms with Crippen molar-refractivity contribution in [2.45, 2.75) is 17.9 Å². The third-order valence-electron chi connectivity index (χ3n) is 4.07. The Hall–Kier alpha value is -0.710. The zero-order valence-electron chi connectivity index (χ0n) is 13.4. The van der Waals surface area contributed by atoms with Crippen LogP contribution < -0.4 is 5.32 Å². The fourth-order valence-electron chi connectivity index (χ4n) is 2.84. The second-order valence-electron chi connectivity index (χ2n) is 5.74. The number of piperazine rings is 1. The van der Waals surface area contributed by atoms with Gasteiger partial charge in [0.25, 0.3) is 5.91 Å². The first kappa shape index (κ1) is 19.6. The van der Waals surface area contributed by atoms with Crippen molar-refractivity contribution in [2.24, 2.45) is 0 Å². The molecule has 3 rings (SSSR count). The lowest BCUT2D eigenvalue weighted by molar-refractivity contribution is 0.0705. The van der Waals surface area contributed by atoms with E-state index in [1.807, 2.05) is 6.92 Å². The van der Waals surface area contributed by atoms with Gasteiger partial charge >= 0.3 is 0 Å². The highest BCUT2D eigenvalue weighted by Gasteiger charge is 2.33. The number of carbonyl (C=O) groups excluding carboxylic acids is 1. The van der Waals surface area contributed by atoms with Gasteiger partial charge in [0, 0.05) is 38.8 Å². The summed E-state index contributed by atoms with van der Waals surface area (Å²) in [5.74, 6) is -0.194. The van der Waals surface area contributed by atoms with Gasteiger partial charge in [-0.15, -0.1) is 23.7 Å². The minimum atomic E-state index is -3.65. The molecule has 3 heterocycles. The highest BCUT2D eigenvalue weighted by molar-refractivity contribution is 7.89. The van der Waals surface area contributed by atoms with Gasteiger partial charge in [-0.05, 0) is 18.4 Å². The molecular formula is C14H22ClN3O4S2. The zero-order chi connectivity index (χ0) is 16.4. The van der Waals surface area contributed by atoms with Gasteiger partial charge in [0.15, 0.2) is 0 Å². The van der Waals surface area contributed by atoms with Gasteiger partial charge in [0.1, 0.15) is 9.77 Å². The predicted octanol–water partition coefficient (Wildman–Crippen LogP) is 0.625. The number of sulfonamides is 1. The van der Waals surface area contributed by atoms with E-state index < -0.39 is 10.0 Å². The Kier molecular flexibility index (Phi) is 6.63. The molecule has 1 aromatic rings. The van der Waals surface area contributed by atoms with Crippen molar-refractivity contribution in [1.29, 1.82) is 0 Å². The number of morpholine rings is 1. The van der Waals surface area contributed by atoms with Gasteiger partial charge < -0.3 is 15.0 Å². The summed E-state index contributed by atoms with van der Waals surface area (Å²) in [6.07, 6.45) is 0. The van der Waals surface area contributed by atoms with Crippen LogP contribution >= 0.6 is 23.7 Å². The normalized spacial score (nSPS) is 22.9. The molecular weight excluding hydrogens is 374 g/mol. The molecule has 7 nitrogen and oxygen atoms in total. The molecule has 1 N–H and O–H groups in total. The second kappa shape index (κ2) is 8.11. The first-order valence-corrected chi connectivity index (χ1v) is 10.00. The van der Waals surface area contributed by atoms with Gasteiger partial charge in [-0.3, -0.25) is 4.79 Å². The third kappa shape index (κ3) is 3.92. The van der Waals surface area contributed by atoms with Crippen LogP contribution in [-0.2, 0) is 14.8 Å². The number of amides is 1. The summed E-state index contributed by atoms with van der Waals surface area (Å²) >= 11 is 1.19. The average molecular weight is 396 g/mol. The lowest BCUT2D eigenvalue weighted by atomic mass is 10.2. The standard InChI is InChI=1S/C14H21N3O4S2.ClH/c1-11-10-16(4-3-15-11)14(18)13-12(2-9-22-13)23(19,20)17-5-7-21-8-6-17;/h2,9,11,15H,3-8,10H2,1H3;1H. The first-order chi connectivity index (χ1) is 11.0. The molecule has 0 bridgehead atoms. The van der Waals surface area contributed by atoms with Gasteiger partial charge in [-0.2, -0.15) is 4.31 Å². The summed E-state index contributed by atoms with van der Waals surface area (Å²) in [5, 5.41) is 4.95. The molecule has 0 aromatic carbocycles. The van der Waals surface area contributed by atoms with Gasteiger partial charge in [-0.1, -0.05) is 0 Å². The average Bonchev–Trinajstić information content (AvgIpc) is 3.05. The molecule has 136 valence electrons. The molecule has 0 spiro atoms. The van der Waals surface area contributed by atoms with Gasteiger partial charge in [-0.25, -0.2) is 8.42 Å². The number of nitrogens with zero attached hydrogens (tertiary/aromatic N) is 2. The molecule has 1 amide bonds. The van der Waals surface area contributed by atoms with Crippen LogP contribution in [0.3, 0.4) is 0 Å². The molecule has 1 unspecified atom stereocenters. The maximum atomic E-state index is 12.8. The van der Waals surface area contributed by atoms with E-state index in [4.69, 9.17) is 4.74 Å². The van der Waals surface area contributed by atoms with Crippen LogP contribution in [0, 0.1) is 0 Å². The second-order valence-corrected chi connectivity index (χ2v) is 8.56. The Bertz CT molecular complexity index is 673. The first-order valence-electron chi connectivity index (χ1n) is 7.68. The smallest absolute Gasteiger partial charge is 0.265 e. The van der Waals surface area contributed by atoms with Crippen molar-refractivity contribution < 1.29 is 17.9 Å². The Morgan fingerprint density at radius 3 is 2.71 bits per heavy atom. The van der Waals surface area contributed by atoms with Crippen molar-refractivity contribution in [3.8, 4) is 0 Å². The molecule has 2 aliphatic rings. The van der Waals surface area contributed by atoms with E-state index in [0.717, 1.165) is 6.54 Å². The Balaban J connectivity index is 0.00000208. The molecule has 10 heteroatoms. The largest absolute Gasteiger partial charge is 0.379 e. The predicted molar refractivity (Wildman–Crippen MR) is 94.5 cm³/mol. The minimum Gasteiger partial charge on any atom is -0.379 e. The third-order valence-corrected chi connectivity index (χ3v) is 7.04. The Morgan fingerprint density at radius 2 is 2.04 bits per heavy atom. The van der Waals surface area contributed by atoms with Crippen LogP contribution in [0.4, 0.5) is 0 Å². The fourth-order valence-corrected chi connectivity index (χ4v) is 5.61. The van der Waals surface area contributed by atoms with Crippen molar-refractivity contribution in [2.75, 3.05) is 45.9 Å². The van der Waals surface area contributed by atoms with E-state index in [2.05, 4.69) is 5.32 Å². The van der Waals surface area contributed by atoms with Crippen LogP contribution in [0.25, 0.3) is 0 Å². The summed E-state index contributed by atoms with van der Waals surface area (Å²) in [5.41, 5.74) is 0. The number of rotatable bonds is 3. The maximum Gasteiger partial charge on any atom is 0.265 e. The molecule has 24 heavy (non-hydrogen) atoms. The summed E-state index contributed by atoms with van der Waals surface area (Å²) in [6, 6.07) is 1.75. The molecule has 2 fully saturated rings. The van der Waals surface area contributed by atoms with Crippen molar-refractivity contribution >= 4 is 39.7 Å². The molecule has 1 atom stereocenters. The van der Waals surface area contributed by atoms with E-state index in [0.29, 0.717) is 44.3 Å². The zero-order valence-corrected chi connectivity index (χ0v) is 15.9. The summed E-state index contributed by atoms with van der Waals surface area (Å²) in [7, 11) is -3.65. The Labute approximate surface area is 152 Å². The topological polar surface area (TPSA) is 79.0 Å². The molecule has 0 aliphatic carbocycles. The van der Waals surface area contributed by atoms with Gasteiger partial charge in [0.05, 0.1) is 13.2 Å². The SMILES string of the molecule is CC1CN(C(=O)c2sccc2S(=O)(=O)N2CCOCC2)CCN1.Cl. The molecule has 0 saturated carbocycles. The number of carbonyl (C=O) groups is 1. The van der Waals surface area contributed by atoms with Crippen molar-refractivity contribution in [1.82, 2.24) is 14.5 Å². The van der Waals surface area contributed by atoms with Crippen LogP contribution in [0.15, 0.2) is 16.3 Å². The van der Waals surface area contributed by atoms with E-state index in [-0.39, 0.29) is 29.3 Å². The number of ether oxygens (including phenoxy) is 1. The highest BCUT2D eigenvalue weighted by Crippen LogP contribution is 2.27. The summed E-state index contributed by atoms with van der Waals surface area (Å²) in [4.78, 5) is 14.9. The monoisotopic (exact) mass is 395 g/mol. The minimum absolute atomic E-state index is 0. The van der Waals surface area contributed by atoms with Crippen LogP contribution in [-0.4, -0.2) is 75.5 Å². The van der Waals surface area contributed by atoms with Crippen molar-refractivity contribution in [3.05, 3.63) is 16.3 Å². The summed E-state index contributed by atoms with van der Waals surface area (Å²) < 4.78 is 32.2. The lowest BCUT2D eigenvalue weighted by Gasteiger charge is -2.32. The van der Waals surface area contributed by atoms with Gasteiger partial charge in [0.2, 0.25) is 10.0 Å². The molecule has 2 saturated heterocycles. The molecule has 1 aromatic heterocycles. The van der Waals surface area contributed by atoms with E-state index in [1.54, 1.807) is 10.3 Å².